The highest BCUT2D eigenvalue weighted by molar-refractivity contribution is 14.1. The first kappa shape index (κ1) is 34.9. The van der Waals surface area contributed by atoms with Gasteiger partial charge in [0.15, 0.2) is 0 Å². The summed E-state index contributed by atoms with van der Waals surface area (Å²) in [6.07, 6.45) is 10.1. The molecular weight excluding hydrogens is 571 g/mol. The van der Waals surface area contributed by atoms with Gasteiger partial charge in [0.2, 0.25) is 0 Å². The van der Waals surface area contributed by atoms with Crippen LogP contribution in [0.2, 0.25) is 0 Å². The molecule has 0 aromatic heterocycles. The summed E-state index contributed by atoms with van der Waals surface area (Å²) in [5, 5.41) is 0. The van der Waals surface area contributed by atoms with Crippen molar-refractivity contribution in [3.05, 3.63) is 0 Å². The Kier molecular flexibility index (Phi) is 33.9. The molecule has 0 fully saturated rings. The van der Waals surface area contributed by atoms with E-state index in [9.17, 15) is 0 Å². The molecule has 0 aliphatic rings. The molecule has 0 N–H and O–H groups in total. The van der Waals surface area contributed by atoms with E-state index in [-0.39, 0.29) is 0 Å². The summed E-state index contributed by atoms with van der Waals surface area (Å²) in [4.78, 5) is 0. The molecule has 0 amide bonds. The predicted octanol–water partition coefficient (Wildman–Crippen LogP) is 2.76. The Morgan fingerprint density at radius 1 is 0.371 bits per heavy atom. The molecule has 35 heavy (non-hydrogen) atoms. The lowest BCUT2D eigenvalue weighted by atomic mass is 10.2. The van der Waals surface area contributed by atoms with Gasteiger partial charge >= 0.3 is 0 Å². The van der Waals surface area contributed by atoms with Crippen molar-refractivity contribution in [2.45, 2.75) is 25.7 Å². The minimum absolute atomic E-state index is 0.315. The van der Waals surface area contributed by atoms with Crippen LogP contribution in [0.15, 0.2) is 0 Å². The van der Waals surface area contributed by atoms with Crippen LogP contribution in [0.1, 0.15) is 25.7 Å². The maximum Gasteiger partial charge on any atom is 0.107 e. The number of ether oxygens (including phenoxy) is 9. The first-order valence-electron chi connectivity index (χ1n) is 12.6. The van der Waals surface area contributed by atoms with Gasteiger partial charge in [-0.3, -0.25) is 0 Å². The van der Waals surface area contributed by atoms with E-state index in [1.54, 1.807) is 0 Å². The van der Waals surface area contributed by atoms with Crippen molar-refractivity contribution in [2.24, 2.45) is 0 Å². The normalized spacial score (nSPS) is 11.2. The lowest BCUT2D eigenvalue weighted by molar-refractivity contribution is -0.0246. The van der Waals surface area contributed by atoms with E-state index in [0.29, 0.717) is 112 Å². The Labute approximate surface area is 226 Å². The molecule has 0 atom stereocenters. The fourth-order valence-electron chi connectivity index (χ4n) is 2.54. The van der Waals surface area contributed by atoms with Crippen LogP contribution in [-0.2, 0) is 42.6 Å². The number of halogens is 1. The van der Waals surface area contributed by atoms with Crippen LogP contribution in [0.25, 0.3) is 0 Å². The molecule has 0 aliphatic carbocycles. The standard InChI is InChI=1S/C25H47IO9/c1-2-8-27-10-12-29-14-16-31-18-20-33-22-24-35-25-23-34-21-19-32-17-15-30-13-11-28-9-6-4-3-5-7-26/h1H,3-25H2. The molecule has 208 valence electrons. The van der Waals surface area contributed by atoms with Crippen LogP contribution < -0.4 is 0 Å². The van der Waals surface area contributed by atoms with E-state index in [2.05, 4.69) is 28.5 Å². The summed E-state index contributed by atoms with van der Waals surface area (Å²) in [5.74, 6) is 2.40. The van der Waals surface area contributed by atoms with Gasteiger partial charge in [-0.05, 0) is 17.3 Å². The molecule has 0 saturated carbocycles. The van der Waals surface area contributed by atoms with Crippen LogP contribution in [-0.4, -0.2) is 123 Å². The zero-order valence-electron chi connectivity index (χ0n) is 21.4. The predicted molar refractivity (Wildman–Crippen MR) is 144 cm³/mol. The fraction of sp³-hybridized carbons (Fsp3) is 0.920. The number of unbranched alkanes of at least 4 members (excludes halogenated alkanes) is 3. The fourth-order valence-corrected chi connectivity index (χ4v) is 3.08. The molecule has 0 radical (unpaired) electrons. The van der Waals surface area contributed by atoms with Crippen molar-refractivity contribution in [1.29, 1.82) is 0 Å². The van der Waals surface area contributed by atoms with E-state index in [1.165, 1.54) is 23.7 Å². The minimum atomic E-state index is 0.315. The van der Waals surface area contributed by atoms with Gasteiger partial charge in [0.1, 0.15) is 6.61 Å². The summed E-state index contributed by atoms with van der Waals surface area (Å²) < 4.78 is 49.9. The van der Waals surface area contributed by atoms with E-state index in [1.807, 2.05) is 0 Å². The Morgan fingerprint density at radius 2 is 0.657 bits per heavy atom. The smallest absolute Gasteiger partial charge is 0.107 e. The van der Waals surface area contributed by atoms with Gasteiger partial charge in [-0.25, -0.2) is 0 Å². The Hall–Kier alpha value is -0.0700. The highest BCUT2D eigenvalue weighted by Crippen LogP contribution is 2.02. The van der Waals surface area contributed by atoms with Crippen LogP contribution in [0.3, 0.4) is 0 Å². The lowest BCUT2D eigenvalue weighted by Crippen LogP contribution is -2.15. The van der Waals surface area contributed by atoms with Gasteiger partial charge in [-0.15, -0.1) is 6.42 Å². The Bertz CT molecular complexity index is 424. The van der Waals surface area contributed by atoms with Gasteiger partial charge in [0.25, 0.3) is 0 Å². The molecule has 0 aliphatic heterocycles. The number of terminal acetylenes is 1. The summed E-state index contributed by atoms with van der Waals surface area (Å²) >= 11 is 2.42. The molecule has 9 nitrogen and oxygen atoms in total. The van der Waals surface area contributed by atoms with E-state index < -0.39 is 0 Å². The highest BCUT2D eigenvalue weighted by Gasteiger charge is 1.95. The maximum atomic E-state index is 5.54. The lowest BCUT2D eigenvalue weighted by Gasteiger charge is -2.08. The molecule has 0 heterocycles. The SMILES string of the molecule is C#CCOCCOCCOCCOCCOCCOCCOCCOCCOCCCCCCI. The van der Waals surface area contributed by atoms with Crippen LogP contribution in [0, 0.1) is 12.3 Å². The molecule has 10 heteroatoms. The topological polar surface area (TPSA) is 83.1 Å². The van der Waals surface area contributed by atoms with Gasteiger partial charge in [0.05, 0.1) is 106 Å². The van der Waals surface area contributed by atoms with Gasteiger partial charge in [-0.1, -0.05) is 41.4 Å². The molecule has 0 unspecified atom stereocenters. The van der Waals surface area contributed by atoms with Crippen molar-refractivity contribution >= 4 is 22.6 Å². The summed E-state index contributed by atoms with van der Waals surface area (Å²) in [5.41, 5.74) is 0. The first-order valence-corrected chi connectivity index (χ1v) is 14.1. The number of rotatable bonds is 31. The van der Waals surface area contributed by atoms with E-state index in [0.717, 1.165) is 13.0 Å². The van der Waals surface area contributed by atoms with Gasteiger partial charge in [-0.2, -0.15) is 0 Å². The van der Waals surface area contributed by atoms with Gasteiger partial charge in [0, 0.05) is 6.61 Å². The third-order valence-electron chi connectivity index (χ3n) is 4.33. The first-order chi connectivity index (χ1) is 17.4. The molecule has 0 spiro atoms. The van der Waals surface area contributed by atoms with Crippen molar-refractivity contribution in [3.8, 4) is 12.3 Å². The summed E-state index contributed by atoms with van der Waals surface area (Å²) in [7, 11) is 0. The summed E-state index contributed by atoms with van der Waals surface area (Å²) in [6.45, 7) is 9.86. The van der Waals surface area contributed by atoms with Crippen molar-refractivity contribution in [3.63, 3.8) is 0 Å². The average Bonchev–Trinajstić information content (AvgIpc) is 2.87. The van der Waals surface area contributed by atoms with Gasteiger partial charge < -0.3 is 42.6 Å². The van der Waals surface area contributed by atoms with Crippen LogP contribution in [0.4, 0.5) is 0 Å². The average molecular weight is 619 g/mol. The molecule has 0 aromatic carbocycles. The largest absolute Gasteiger partial charge is 0.379 e. The second-order valence-corrected chi connectivity index (χ2v) is 8.34. The second-order valence-electron chi connectivity index (χ2n) is 7.26. The molecule has 0 saturated heterocycles. The summed E-state index contributed by atoms with van der Waals surface area (Å²) in [6, 6.07) is 0. The quantitative estimate of drug-likeness (QED) is 0.0505. The minimum Gasteiger partial charge on any atom is -0.379 e. The third kappa shape index (κ3) is 33.9. The number of hydrogen-bond donors (Lipinski definition) is 0. The molecule has 0 rings (SSSR count). The monoisotopic (exact) mass is 618 g/mol. The van der Waals surface area contributed by atoms with E-state index >= 15 is 0 Å². The zero-order valence-corrected chi connectivity index (χ0v) is 23.6. The maximum absolute atomic E-state index is 5.54. The second kappa shape index (κ2) is 33.9. The number of hydrogen-bond acceptors (Lipinski definition) is 9. The van der Waals surface area contributed by atoms with E-state index in [4.69, 9.17) is 49.1 Å². The van der Waals surface area contributed by atoms with Crippen LogP contribution in [0.5, 0.6) is 0 Å². The molecule has 0 aromatic rings. The Balaban J connectivity index is 3.00. The van der Waals surface area contributed by atoms with Crippen molar-refractivity contribution in [2.75, 3.05) is 123 Å². The van der Waals surface area contributed by atoms with Crippen molar-refractivity contribution < 1.29 is 42.6 Å². The molecular formula is C25H47IO9. The third-order valence-corrected chi connectivity index (χ3v) is 5.10. The highest BCUT2D eigenvalue weighted by atomic mass is 127. The Morgan fingerprint density at radius 3 is 0.971 bits per heavy atom. The number of alkyl halides is 1. The van der Waals surface area contributed by atoms with Crippen molar-refractivity contribution in [1.82, 2.24) is 0 Å². The zero-order chi connectivity index (χ0) is 25.3. The molecule has 0 bridgehead atoms. The van der Waals surface area contributed by atoms with Crippen LogP contribution >= 0.6 is 22.6 Å².